The summed E-state index contributed by atoms with van der Waals surface area (Å²) in [4.78, 5) is 39.2. The first kappa shape index (κ1) is 40.3. The minimum absolute atomic E-state index is 0.00561. The van der Waals surface area contributed by atoms with Gasteiger partial charge in [-0.3, -0.25) is 14.4 Å². The van der Waals surface area contributed by atoms with Crippen LogP contribution in [0.3, 0.4) is 0 Å². The van der Waals surface area contributed by atoms with Gasteiger partial charge < -0.3 is 9.84 Å². The van der Waals surface area contributed by atoms with Crippen molar-refractivity contribution in [3.8, 4) is 0 Å². The van der Waals surface area contributed by atoms with E-state index in [4.69, 9.17) is 16.3 Å². The lowest BCUT2D eigenvalue weighted by atomic mass is 9.45. The quantitative estimate of drug-likeness (QED) is 0.0656. The second-order valence-electron chi connectivity index (χ2n) is 15.8. The molecular formula is C40H59ClF2O5S. The summed E-state index contributed by atoms with van der Waals surface area (Å²) in [5, 5.41) is 11.4. The monoisotopic (exact) mass is 724 g/mol. The summed E-state index contributed by atoms with van der Waals surface area (Å²) in [7, 11) is 0. The first-order chi connectivity index (χ1) is 23.3. The number of hydrogen-bond donors (Lipinski definition) is 1. The molecule has 4 aliphatic carbocycles. The highest BCUT2D eigenvalue weighted by Gasteiger charge is 2.75. The van der Waals surface area contributed by atoms with Gasteiger partial charge in [0.15, 0.2) is 16.6 Å². The summed E-state index contributed by atoms with van der Waals surface area (Å²) >= 11 is 6.91. The van der Waals surface area contributed by atoms with E-state index in [0.717, 1.165) is 50.3 Å². The average Bonchev–Trinajstić information content (AvgIpc) is 3.27. The van der Waals surface area contributed by atoms with Gasteiger partial charge in [-0.05, 0) is 94.3 Å². The first-order valence-electron chi connectivity index (χ1n) is 18.8. The maximum atomic E-state index is 17.6. The maximum Gasteiger partial charge on any atom is 0.306 e. The fourth-order valence-electron chi connectivity index (χ4n) is 9.96. The number of ether oxygens (including phenoxy) is 1. The number of allylic oxidation sites excluding steroid dienone is 6. The van der Waals surface area contributed by atoms with Gasteiger partial charge in [0.25, 0.3) is 0 Å². The molecule has 1 N–H and O–H groups in total. The lowest BCUT2D eigenvalue weighted by Gasteiger charge is -2.62. The number of carbonyl (C=O) groups excluding carboxylic acids is 3. The molecule has 0 radical (unpaired) electrons. The number of unbranched alkanes of at least 4 members (excludes halogenated alkanes) is 11. The molecule has 0 aromatic rings. The number of halogens is 3. The maximum absolute atomic E-state index is 17.6. The van der Waals surface area contributed by atoms with Gasteiger partial charge in [-0.15, -0.1) is 11.6 Å². The average molecular weight is 725 g/mol. The molecule has 0 heterocycles. The van der Waals surface area contributed by atoms with Crippen LogP contribution in [-0.4, -0.2) is 50.7 Å². The van der Waals surface area contributed by atoms with E-state index in [1.165, 1.54) is 56.8 Å². The van der Waals surface area contributed by atoms with E-state index in [9.17, 15) is 19.5 Å². The van der Waals surface area contributed by atoms with Crippen molar-refractivity contribution in [1.82, 2.24) is 0 Å². The Morgan fingerprint density at radius 3 is 2.22 bits per heavy atom. The van der Waals surface area contributed by atoms with Crippen molar-refractivity contribution in [2.45, 2.75) is 160 Å². The Labute approximate surface area is 302 Å². The topological polar surface area (TPSA) is 80.7 Å². The SMILES string of the molecule is CCCCCCCC/C=C/CCCCCCCC(=O)O[C@]1(C)C[C@H]2[C@@H]3C[C@H](F)C4=CC(=O)C=C[C@]4(C)[C@@]3(F)[C@@H](O)C[C@]2(C)[C@H]1C(=O)SCCl. The van der Waals surface area contributed by atoms with Crippen LogP contribution in [-0.2, 0) is 19.1 Å². The Balaban J connectivity index is 1.34. The number of rotatable bonds is 18. The van der Waals surface area contributed by atoms with Gasteiger partial charge in [-0.25, -0.2) is 8.78 Å². The minimum atomic E-state index is -2.27. The number of ketones is 1. The van der Waals surface area contributed by atoms with Gasteiger partial charge in [0.1, 0.15) is 11.8 Å². The molecule has 3 fully saturated rings. The summed E-state index contributed by atoms with van der Waals surface area (Å²) < 4.78 is 39.7. The van der Waals surface area contributed by atoms with E-state index < -0.39 is 63.9 Å². The van der Waals surface area contributed by atoms with Crippen molar-refractivity contribution >= 4 is 40.2 Å². The summed E-state index contributed by atoms with van der Waals surface area (Å²) in [5.41, 5.74) is -5.96. The van der Waals surface area contributed by atoms with Crippen molar-refractivity contribution < 1.29 is 33.0 Å². The zero-order chi connectivity index (χ0) is 35.9. The molecule has 5 nitrogen and oxygen atoms in total. The minimum Gasteiger partial charge on any atom is -0.459 e. The molecule has 0 saturated heterocycles. The van der Waals surface area contributed by atoms with Crippen LogP contribution in [0, 0.1) is 28.6 Å². The molecule has 9 heteroatoms. The molecule has 276 valence electrons. The Hall–Kier alpha value is -1.51. The number of alkyl halides is 3. The lowest BCUT2D eigenvalue weighted by Crippen LogP contribution is -2.68. The molecule has 0 aliphatic heterocycles. The van der Waals surface area contributed by atoms with Crippen molar-refractivity contribution in [3.63, 3.8) is 0 Å². The molecule has 0 bridgehead atoms. The number of thioether (sulfide) groups is 1. The van der Waals surface area contributed by atoms with Crippen LogP contribution in [0.2, 0.25) is 0 Å². The number of hydrogen-bond acceptors (Lipinski definition) is 6. The molecular weight excluding hydrogens is 666 g/mol. The zero-order valence-electron chi connectivity index (χ0n) is 30.1. The van der Waals surface area contributed by atoms with Crippen LogP contribution in [0.25, 0.3) is 0 Å². The molecule has 0 amide bonds. The number of aliphatic hydroxyl groups excluding tert-OH is 1. The van der Waals surface area contributed by atoms with E-state index in [1.807, 2.05) is 6.92 Å². The molecule has 0 aromatic heterocycles. The van der Waals surface area contributed by atoms with Gasteiger partial charge >= 0.3 is 5.97 Å². The highest BCUT2D eigenvalue weighted by atomic mass is 35.5. The number of aliphatic hydroxyl groups is 1. The molecule has 3 saturated carbocycles. The van der Waals surface area contributed by atoms with Crippen LogP contribution >= 0.6 is 23.4 Å². The zero-order valence-corrected chi connectivity index (χ0v) is 31.7. The van der Waals surface area contributed by atoms with Crippen molar-refractivity contribution in [1.29, 1.82) is 0 Å². The van der Waals surface area contributed by atoms with Crippen molar-refractivity contribution in [2.75, 3.05) is 5.21 Å². The Bertz CT molecular complexity index is 1270. The Morgan fingerprint density at radius 1 is 0.980 bits per heavy atom. The van der Waals surface area contributed by atoms with Crippen LogP contribution in [0.15, 0.2) is 36.0 Å². The predicted molar refractivity (Wildman–Crippen MR) is 195 cm³/mol. The third-order valence-electron chi connectivity index (χ3n) is 12.4. The molecule has 4 rings (SSSR count). The molecule has 0 spiro atoms. The van der Waals surface area contributed by atoms with Crippen molar-refractivity contribution in [2.24, 2.45) is 28.6 Å². The van der Waals surface area contributed by atoms with Crippen LogP contribution < -0.4 is 0 Å². The number of fused-ring (bicyclic) bond motifs is 5. The molecule has 9 atom stereocenters. The van der Waals surface area contributed by atoms with E-state index in [2.05, 4.69) is 19.1 Å². The van der Waals surface area contributed by atoms with E-state index >= 15 is 8.78 Å². The molecule has 49 heavy (non-hydrogen) atoms. The molecule has 0 aromatic carbocycles. The highest BCUT2D eigenvalue weighted by molar-refractivity contribution is 8.14. The van der Waals surface area contributed by atoms with Gasteiger partial charge in [-0.2, -0.15) is 0 Å². The highest BCUT2D eigenvalue weighted by Crippen LogP contribution is 2.71. The van der Waals surface area contributed by atoms with Gasteiger partial charge in [0.05, 0.1) is 17.2 Å². The van der Waals surface area contributed by atoms with Crippen molar-refractivity contribution in [3.05, 3.63) is 36.0 Å². The van der Waals surface area contributed by atoms with E-state index in [-0.39, 0.29) is 41.6 Å². The Kier molecular flexibility index (Phi) is 14.2. The predicted octanol–water partition coefficient (Wildman–Crippen LogP) is 10.3. The van der Waals surface area contributed by atoms with E-state index in [0.29, 0.717) is 6.42 Å². The summed E-state index contributed by atoms with van der Waals surface area (Å²) in [5.74, 6) is -3.16. The normalized spacial score (nSPS) is 36.7. The largest absolute Gasteiger partial charge is 0.459 e. The van der Waals surface area contributed by atoms with Gasteiger partial charge in [0.2, 0.25) is 0 Å². The van der Waals surface area contributed by atoms with Gasteiger partial charge in [-0.1, -0.05) is 95.2 Å². The smallest absolute Gasteiger partial charge is 0.306 e. The summed E-state index contributed by atoms with van der Waals surface area (Å²) in [6, 6.07) is 0. The Morgan fingerprint density at radius 2 is 1.59 bits per heavy atom. The standard InChI is InChI=1S/C40H59ClF2O5S/c1-5-6-7-8-9-10-11-12-13-14-15-16-17-18-19-20-34(46)48-39(4)25-31-29-24-32(42)30-23-28(44)21-22-38(30,3)40(29,43)33(45)26-37(31,2)35(39)36(47)49-27-41/h12-13,21-23,29,31-33,35,45H,5-11,14-20,24-27H2,1-4H3/b13-12+/t29-,31-,32-,33-,35+,37-,38-,39+,40-/m0/s1. The third kappa shape index (κ3) is 8.43. The number of esters is 1. The first-order valence-corrected chi connectivity index (χ1v) is 20.4. The lowest BCUT2D eigenvalue weighted by molar-refractivity contribution is -0.201. The second-order valence-corrected chi connectivity index (χ2v) is 17.3. The fourth-order valence-corrected chi connectivity index (χ4v) is 11.1. The van der Waals surface area contributed by atoms with Crippen LogP contribution in [0.1, 0.15) is 137 Å². The fraction of sp³-hybridized carbons (Fsp3) is 0.775. The number of carbonyl (C=O) groups is 3. The van der Waals surface area contributed by atoms with Crippen LogP contribution in [0.4, 0.5) is 8.78 Å². The van der Waals surface area contributed by atoms with Crippen LogP contribution in [0.5, 0.6) is 0 Å². The second kappa shape index (κ2) is 17.3. The summed E-state index contributed by atoms with van der Waals surface area (Å²) in [6.07, 6.45) is 20.4. The third-order valence-corrected chi connectivity index (χ3v) is 13.3. The summed E-state index contributed by atoms with van der Waals surface area (Å²) in [6.45, 7) is 7.38. The van der Waals surface area contributed by atoms with Gasteiger partial charge in [0, 0.05) is 17.8 Å². The molecule has 4 aliphatic rings. The molecule has 0 unspecified atom stereocenters. The van der Waals surface area contributed by atoms with E-state index in [1.54, 1.807) is 13.8 Å².